The van der Waals surface area contributed by atoms with Gasteiger partial charge in [-0.25, -0.2) is 4.39 Å². The number of halogens is 1. The van der Waals surface area contributed by atoms with Gasteiger partial charge in [0.15, 0.2) is 0 Å². The quantitative estimate of drug-likeness (QED) is 0.781. The van der Waals surface area contributed by atoms with E-state index in [9.17, 15) is 9.50 Å². The second-order valence-electron chi connectivity index (χ2n) is 7.07. The number of hydrogen-bond donors (Lipinski definition) is 2. The summed E-state index contributed by atoms with van der Waals surface area (Å²) in [6.07, 6.45) is -0.468. The van der Waals surface area contributed by atoms with Gasteiger partial charge in [0, 0.05) is 44.5 Å². The summed E-state index contributed by atoms with van der Waals surface area (Å²) in [5.41, 5.74) is 2.06. The monoisotopic (exact) mass is 373 g/mol. The number of likely N-dealkylation sites (N-methyl/N-ethyl adjacent to an activating group) is 1. The highest BCUT2D eigenvalue weighted by atomic mass is 19.1. The maximum Gasteiger partial charge on any atom is 0.123 e. The summed E-state index contributed by atoms with van der Waals surface area (Å²) in [5.74, 6) is 0.597. The Kier molecular flexibility index (Phi) is 6.66. The molecule has 1 aliphatic rings. The number of aliphatic hydroxyl groups is 1. The lowest BCUT2D eigenvalue weighted by atomic mass is 10.0. The number of hydrogen-bond acceptors (Lipinski definition) is 5. The van der Waals surface area contributed by atoms with Gasteiger partial charge in [0.1, 0.15) is 11.6 Å². The largest absolute Gasteiger partial charge is 0.497 e. The summed E-state index contributed by atoms with van der Waals surface area (Å²) in [6.45, 7) is 3.74. The number of piperazine rings is 1. The molecule has 0 aliphatic carbocycles. The molecule has 0 bridgehead atoms. The lowest BCUT2D eigenvalue weighted by molar-refractivity contribution is 0.0556. The Labute approximate surface area is 160 Å². The normalized spacial score (nSPS) is 19.6. The third-order valence-electron chi connectivity index (χ3n) is 5.09. The fourth-order valence-corrected chi connectivity index (χ4v) is 3.45. The Morgan fingerprint density at radius 1 is 1.15 bits per heavy atom. The molecule has 1 aliphatic heterocycles. The van der Waals surface area contributed by atoms with Crippen molar-refractivity contribution >= 4 is 5.69 Å². The highest BCUT2D eigenvalue weighted by molar-refractivity contribution is 5.46. The van der Waals surface area contributed by atoms with Crippen LogP contribution in [0.15, 0.2) is 48.5 Å². The number of β-amino-alcohol motifs (C(OH)–C–C–N with tert-alkyl or cyclic N) is 1. The average molecular weight is 373 g/mol. The average Bonchev–Trinajstić information content (AvgIpc) is 2.69. The van der Waals surface area contributed by atoms with Crippen molar-refractivity contribution in [2.75, 3.05) is 52.2 Å². The number of rotatable bonds is 7. The smallest absolute Gasteiger partial charge is 0.123 e. The molecule has 1 saturated heterocycles. The molecule has 0 saturated carbocycles. The molecule has 146 valence electrons. The van der Waals surface area contributed by atoms with Crippen molar-refractivity contribution in [1.29, 1.82) is 0 Å². The highest BCUT2D eigenvalue weighted by Crippen LogP contribution is 2.24. The first-order valence-corrected chi connectivity index (χ1v) is 9.29. The molecule has 2 aromatic rings. The van der Waals surface area contributed by atoms with Crippen LogP contribution in [0.3, 0.4) is 0 Å². The topological polar surface area (TPSA) is 48.0 Å². The van der Waals surface area contributed by atoms with E-state index in [2.05, 4.69) is 22.2 Å². The lowest BCUT2D eigenvalue weighted by Crippen LogP contribution is -2.49. The van der Waals surface area contributed by atoms with Crippen molar-refractivity contribution in [3.8, 4) is 5.75 Å². The molecular weight excluding hydrogens is 345 g/mol. The number of nitrogens with one attached hydrogen (secondary N) is 1. The second kappa shape index (κ2) is 9.17. The van der Waals surface area contributed by atoms with Crippen LogP contribution in [0.25, 0.3) is 0 Å². The van der Waals surface area contributed by atoms with E-state index in [0.29, 0.717) is 13.1 Å². The molecule has 1 fully saturated rings. The minimum Gasteiger partial charge on any atom is -0.497 e. The van der Waals surface area contributed by atoms with E-state index in [1.54, 1.807) is 7.11 Å². The van der Waals surface area contributed by atoms with Crippen LogP contribution in [0.4, 0.5) is 10.1 Å². The second-order valence-corrected chi connectivity index (χ2v) is 7.07. The molecule has 2 aromatic carbocycles. The molecule has 0 amide bonds. The Bertz CT molecular complexity index is 708. The summed E-state index contributed by atoms with van der Waals surface area (Å²) in [4.78, 5) is 4.56. The number of nitrogens with zero attached hydrogens (tertiary/aromatic N) is 2. The van der Waals surface area contributed by atoms with Gasteiger partial charge in [-0.2, -0.15) is 0 Å². The van der Waals surface area contributed by atoms with Crippen LogP contribution in [0, 0.1) is 5.82 Å². The SMILES string of the molecule is COc1ccc(NCC(O)CN2CCN(C)C(c3ccc(F)cc3)C2)cc1. The van der Waals surface area contributed by atoms with Crippen LogP contribution in [0.2, 0.25) is 0 Å². The van der Waals surface area contributed by atoms with Gasteiger partial charge in [0.2, 0.25) is 0 Å². The van der Waals surface area contributed by atoms with Crippen LogP contribution in [-0.4, -0.2) is 67.9 Å². The molecule has 27 heavy (non-hydrogen) atoms. The maximum absolute atomic E-state index is 13.2. The summed E-state index contributed by atoms with van der Waals surface area (Å²) in [6, 6.07) is 14.6. The van der Waals surface area contributed by atoms with Crippen molar-refractivity contribution in [3.63, 3.8) is 0 Å². The van der Waals surface area contributed by atoms with E-state index in [0.717, 1.165) is 36.6 Å². The van der Waals surface area contributed by atoms with E-state index in [-0.39, 0.29) is 11.9 Å². The van der Waals surface area contributed by atoms with E-state index < -0.39 is 6.10 Å². The predicted molar refractivity (Wildman–Crippen MR) is 106 cm³/mol. The fraction of sp³-hybridized carbons (Fsp3) is 0.429. The van der Waals surface area contributed by atoms with Crippen molar-refractivity contribution < 1.29 is 14.2 Å². The molecule has 0 radical (unpaired) electrons. The van der Waals surface area contributed by atoms with Crippen LogP contribution < -0.4 is 10.1 Å². The van der Waals surface area contributed by atoms with E-state index in [4.69, 9.17) is 4.74 Å². The maximum atomic E-state index is 13.2. The minimum absolute atomic E-state index is 0.209. The van der Waals surface area contributed by atoms with Gasteiger partial charge in [0.25, 0.3) is 0 Å². The first-order chi connectivity index (χ1) is 13.0. The van der Waals surface area contributed by atoms with Gasteiger partial charge in [-0.15, -0.1) is 0 Å². The summed E-state index contributed by atoms with van der Waals surface area (Å²) >= 11 is 0. The van der Waals surface area contributed by atoms with Crippen molar-refractivity contribution in [2.24, 2.45) is 0 Å². The zero-order valence-electron chi connectivity index (χ0n) is 15.9. The Hall–Kier alpha value is -2.15. The summed E-state index contributed by atoms with van der Waals surface area (Å²) in [5, 5.41) is 13.7. The Morgan fingerprint density at radius 2 is 1.85 bits per heavy atom. The summed E-state index contributed by atoms with van der Waals surface area (Å²) < 4.78 is 18.3. The highest BCUT2D eigenvalue weighted by Gasteiger charge is 2.26. The number of methoxy groups -OCH3 is 1. The molecular formula is C21H28FN3O2. The molecule has 2 atom stereocenters. The summed E-state index contributed by atoms with van der Waals surface area (Å²) in [7, 11) is 3.73. The third kappa shape index (κ3) is 5.42. The van der Waals surface area contributed by atoms with Crippen molar-refractivity contribution in [2.45, 2.75) is 12.1 Å². The molecule has 5 nitrogen and oxygen atoms in total. The van der Waals surface area contributed by atoms with E-state index >= 15 is 0 Å². The molecule has 3 rings (SSSR count). The third-order valence-corrected chi connectivity index (χ3v) is 5.09. The zero-order chi connectivity index (χ0) is 19.2. The first kappa shape index (κ1) is 19.6. The van der Waals surface area contributed by atoms with Crippen molar-refractivity contribution in [1.82, 2.24) is 9.80 Å². The Morgan fingerprint density at radius 3 is 2.52 bits per heavy atom. The standard InChI is InChI=1S/C21H28FN3O2/c1-24-11-12-25(15-21(24)16-3-5-17(22)6-4-16)14-19(26)13-23-18-7-9-20(27-2)10-8-18/h3-10,19,21,23,26H,11-15H2,1-2H3. The number of aliphatic hydroxyl groups excluding tert-OH is 1. The molecule has 6 heteroatoms. The van der Waals surface area contributed by atoms with Gasteiger partial charge >= 0.3 is 0 Å². The molecule has 0 spiro atoms. The zero-order valence-corrected chi connectivity index (χ0v) is 15.9. The van der Waals surface area contributed by atoms with Gasteiger partial charge in [0.05, 0.1) is 13.2 Å². The minimum atomic E-state index is -0.468. The van der Waals surface area contributed by atoms with E-state index in [1.807, 2.05) is 36.4 Å². The van der Waals surface area contributed by atoms with Gasteiger partial charge in [-0.3, -0.25) is 9.80 Å². The van der Waals surface area contributed by atoms with Crippen LogP contribution in [0.1, 0.15) is 11.6 Å². The predicted octanol–water partition coefficient (Wildman–Crippen LogP) is 2.60. The first-order valence-electron chi connectivity index (χ1n) is 9.29. The molecule has 0 aromatic heterocycles. The molecule has 1 heterocycles. The number of ether oxygens (including phenoxy) is 1. The van der Waals surface area contributed by atoms with Gasteiger partial charge < -0.3 is 15.2 Å². The van der Waals surface area contributed by atoms with E-state index in [1.165, 1.54) is 12.1 Å². The fourth-order valence-electron chi connectivity index (χ4n) is 3.45. The van der Waals surface area contributed by atoms with Crippen LogP contribution >= 0.6 is 0 Å². The van der Waals surface area contributed by atoms with Gasteiger partial charge in [-0.05, 0) is 49.0 Å². The Balaban J connectivity index is 1.51. The molecule has 2 unspecified atom stereocenters. The van der Waals surface area contributed by atoms with Crippen LogP contribution in [-0.2, 0) is 0 Å². The number of anilines is 1. The number of benzene rings is 2. The van der Waals surface area contributed by atoms with Gasteiger partial charge in [-0.1, -0.05) is 12.1 Å². The lowest BCUT2D eigenvalue weighted by Gasteiger charge is -2.40. The van der Waals surface area contributed by atoms with Crippen LogP contribution in [0.5, 0.6) is 5.75 Å². The molecule has 2 N–H and O–H groups in total. The van der Waals surface area contributed by atoms with Crippen molar-refractivity contribution in [3.05, 3.63) is 59.9 Å².